The van der Waals surface area contributed by atoms with E-state index in [1.165, 1.54) is 51.0 Å². The predicted octanol–water partition coefficient (Wildman–Crippen LogP) is 2.18. The van der Waals surface area contributed by atoms with Crippen LogP contribution >= 0.6 is 0 Å². The first-order valence-corrected chi connectivity index (χ1v) is 8.00. The number of hydrogen-bond donors (Lipinski definition) is 1. The van der Waals surface area contributed by atoms with Gasteiger partial charge in [-0.2, -0.15) is 0 Å². The van der Waals surface area contributed by atoms with E-state index < -0.39 is 0 Å². The molecule has 0 radical (unpaired) electrons. The maximum Gasteiger partial charge on any atom is 0.126 e. The standard InChI is InChI=1S/C16H26N4/c1-2-17-16-11-14(6-7-18-16)12-19-9-10-20-8-4-3-5-15(20)13-19/h6-7,11,15H,2-5,8-10,12-13H2,1H3,(H,17,18). The third-order valence-corrected chi connectivity index (χ3v) is 4.51. The minimum Gasteiger partial charge on any atom is -0.370 e. The van der Waals surface area contributed by atoms with Crippen molar-refractivity contribution in [1.29, 1.82) is 0 Å². The van der Waals surface area contributed by atoms with E-state index >= 15 is 0 Å². The van der Waals surface area contributed by atoms with Crippen LogP contribution in [0.4, 0.5) is 5.82 Å². The molecule has 1 aromatic rings. The summed E-state index contributed by atoms with van der Waals surface area (Å²) in [6, 6.07) is 5.14. The van der Waals surface area contributed by atoms with Gasteiger partial charge in [0, 0.05) is 45.0 Å². The molecule has 1 N–H and O–H groups in total. The Morgan fingerprint density at radius 1 is 1.30 bits per heavy atom. The third-order valence-electron chi connectivity index (χ3n) is 4.51. The molecule has 0 spiro atoms. The Hall–Kier alpha value is -1.13. The number of rotatable bonds is 4. The number of pyridine rings is 1. The first-order valence-electron chi connectivity index (χ1n) is 8.00. The maximum atomic E-state index is 4.35. The predicted molar refractivity (Wildman–Crippen MR) is 82.9 cm³/mol. The van der Waals surface area contributed by atoms with E-state index in [-0.39, 0.29) is 0 Å². The van der Waals surface area contributed by atoms with Gasteiger partial charge in [0.05, 0.1) is 0 Å². The molecule has 2 saturated heterocycles. The fraction of sp³-hybridized carbons (Fsp3) is 0.688. The summed E-state index contributed by atoms with van der Waals surface area (Å²) in [5.41, 5.74) is 1.38. The van der Waals surface area contributed by atoms with Gasteiger partial charge in [0.25, 0.3) is 0 Å². The van der Waals surface area contributed by atoms with Crippen LogP contribution < -0.4 is 5.32 Å². The Morgan fingerprint density at radius 3 is 3.15 bits per heavy atom. The van der Waals surface area contributed by atoms with E-state index in [0.717, 1.165) is 24.9 Å². The number of anilines is 1. The highest BCUT2D eigenvalue weighted by Gasteiger charge is 2.28. The molecule has 3 heterocycles. The molecule has 2 fully saturated rings. The SMILES string of the molecule is CCNc1cc(CN2CCN3CCCCC3C2)ccn1. The lowest BCUT2D eigenvalue weighted by molar-refractivity contribution is 0.0457. The van der Waals surface area contributed by atoms with Crippen molar-refractivity contribution in [3.05, 3.63) is 23.9 Å². The summed E-state index contributed by atoms with van der Waals surface area (Å²) in [6.45, 7) is 9.10. The molecule has 0 aromatic carbocycles. The largest absolute Gasteiger partial charge is 0.370 e. The summed E-state index contributed by atoms with van der Waals surface area (Å²) in [5.74, 6) is 1.00. The van der Waals surface area contributed by atoms with Crippen molar-refractivity contribution < 1.29 is 0 Å². The van der Waals surface area contributed by atoms with E-state index in [0.29, 0.717) is 0 Å². The fourth-order valence-electron chi connectivity index (χ4n) is 3.47. The Labute approximate surface area is 122 Å². The van der Waals surface area contributed by atoms with Gasteiger partial charge in [-0.3, -0.25) is 9.80 Å². The lowest BCUT2D eigenvalue weighted by Gasteiger charge is -2.44. The van der Waals surface area contributed by atoms with Crippen molar-refractivity contribution in [3.63, 3.8) is 0 Å². The van der Waals surface area contributed by atoms with Crippen LogP contribution in [0, 0.1) is 0 Å². The Bertz CT molecular complexity index is 434. The quantitative estimate of drug-likeness (QED) is 0.912. The zero-order valence-corrected chi connectivity index (χ0v) is 12.5. The van der Waals surface area contributed by atoms with Gasteiger partial charge in [0.1, 0.15) is 5.82 Å². The first kappa shape index (κ1) is 13.8. The van der Waals surface area contributed by atoms with Crippen LogP contribution in [0.25, 0.3) is 0 Å². The van der Waals surface area contributed by atoms with E-state index in [1.54, 1.807) is 0 Å². The monoisotopic (exact) mass is 274 g/mol. The topological polar surface area (TPSA) is 31.4 Å². The van der Waals surface area contributed by atoms with Crippen LogP contribution in [-0.2, 0) is 6.54 Å². The fourth-order valence-corrected chi connectivity index (χ4v) is 3.47. The summed E-state index contributed by atoms with van der Waals surface area (Å²) in [4.78, 5) is 9.65. The zero-order valence-electron chi connectivity index (χ0n) is 12.5. The lowest BCUT2D eigenvalue weighted by atomic mass is 9.99. The van der Waals surface area contributed by atoms with Crippen LogP contribution in [0.1, 0.15) is 31.7 Å². The highest BCUT2D eigenvalue weighted by Crippen LogP contribution is 2.22. The number of piperidine rings is 1. The highest BCUT2D eigenvalue weighted by atomic mass is 15.3. The van der Waals surface area contributed by atoms with Gasteiger partial charge >= 0.3 is 0 Å². The third kappa shape index (κ3) is 3.30. The second-order valence-corrected chi connectivity index (χ2v) is 6.00. The number of aromatic nitrogens is 1. The van der Waals surface area contributed by atoms with Crippen LogP contribution in [0.15, 0.2) is 18.3 Å². The Morgan fingerprint density at radius 2 is 2.25 bits per heavy atom. The van der Waals surface area contributed by atoms with Crippen molar-refractivity contribution in [1.82, 2.24) is 14.8 Å². The Kier molecular flexibility index (Phi) is 4.53. The summed E-state index contributed by atoms with van der Waals surface area (Å²) in [5, 5.41) is 3.29. The second kappa shape index (κ2) is 6.55. The molecule has 3 rings (SSSR count). The van der Waals surface area contributed by atoms with E-state index in [2.05, 4.69) is 39.2 Å². The maximum absolute atomic E-state index is 4.35. The van der Waals surface area contributed by atoms with Crippen LogP contribution in [0.5, 0.6) is 0 Å². The molecule has 110 valence electrons. The Balaban J connectivity index is 1.59. The summed E-state index contributed by atoms with van der Waals surface area (Å²) >= 11 is 0. The molecule has 1 aromatic heterocycles. The highest BCUT2D eigenvalue weighted by molar-refractivity contribution is 5.37. The minimum atomic E-state index is 0.799. The molecule has 2 aliphatic rings. The number of nitrogens with one attached hydrogen (secondary N) is 1. The number of fused-ring (bicyclic) bond motifs is 1. The summed E-state index contributed by atoms with van der Waals surface area (Å²) in [7, 11) is 0. The van der Waals surface area contributed by atoms with Crippen molar-refractivity contribution in [2.45, 2.75) is 38.8 Å². The molecule has 0 bridgehead atoms. The van der Waals surface area contributed by atoms with Crippen molar-refractivity contribution in [2.75, 3.05) is 38.0 Å². The van der Waals surface area contributed by atoms with E-state index in [9.17, 15) is 0 Å². The number of nitrogens with zero attached hydrogens (tertiary/aromatic N) is 3. The lowest BCUT2D eigenvalue weighted by Crippen LogP contribution is -2.54. The van der Waals surface area contributed by atoms with Crippen molar-refractivity contribution in [3.8, 4) is 0 Å². The van der Waals surface area contributed by atoms with Crippen LogP contribution in [0.2, 0.25) is 0 Å². The second-order valence-electron chi connectivity index (χ2n) is 6.00. The molecule has 4 nitrogen and oxygen atoms in total. The molecule has 2 aliphatic heterocycles. The smallest absolute Gasteiger partial charge is 0.126 e. The first-order chi connectivity index (χ1) is 9.85. The van der Waals surface area contributed by atoms with Gasteiger partial charge in [-0.15, -0.1) is 0 Å². The number of hydrogen-bond acceptors (Lipinski definition) is 4. The van der Waals surface area contributed by atoms with Crippen molar-refractivity contribution in [2.24, 2.45) is 0 Å². The van der Waals surface area contributed by atoms with Gasteiger partial charge in [-0.1, -0.05) is 6.42 Å². The molecule has 1 unspecified atom stereocenters. The molecular formula is C16H26N4. The average molecular weight is 274 g/mol. The van der Waals surface area contributed by atoms with Crippen molar-refractivity contribution >= 4 is 5.82 Å². The van der Waals surface area contributed by atoms with Crippen LogP contribution in [0.3, 0.4) is 0 Å². The molecule has 1 atom stereocenters. The summed E-state index contributed by atoms with van der Waals surface area (Å²) < 4.78 is 0. The van der Waals surface area contributed by atoms with Gasteiger partial charge in [0.15, 0.2) is 0 Å². The molecule has 0 amide bonds. The summed E-state index contributed by atoms with van der Waals surface area (Å²) in [6.07, 6.45) is 6.11. The number of piperazine rings is 1. The van der Waals surface area contributed by atoms with E-state index in [4.69, 9.17) is 0 Å². The zero-order chi connectivity index (χ0) is 13.8. The minimum absolute atomic E-state index is 0.799. The molecule has 4 heteroatoms. The normalized spacial score (nSPS) is 24.4. The van der Waals surface area contributed by atoms with Gasteiger partial charge < -0.3 is 5.32 Å². The van der Waals surface area contributed by atoms with Gasteiger partial charge in [-0.05, 0) is 44.0 Å². The molecule has 0 saturated carbocycles. The van der Waals surface area contributed by atoms with Crippen LogP contribution in [-0.4, -0.2) is 53.5 Å². The molecule has 20 heavy (non-hydrogen) atoms. The molecular weight excluding hydrogens is 248 g/mol. The van der Waals surface area contributed by atoms with Gasteiger partial charge in [0.2, 0.25) is 0 Å². The van der Waals surface area contributed by atoms with Gasteiger partial charge in [-0.25, -0.2) is 4.98 Å². The average Bonchev–Trinajstić information content (AvgIpc) is 2.48. The van der Waals surface area contributed by atoms with E-state index in [1.807, 2.05) is 6.20 Å². The molecule has 0 aliphatic carbocycles.